The summed E-state index contributed by atoms with van der Waals surface area (Å²) in [5.74, 6) is 0.581. The molecule has 0 spiro atoms. The zero-order valence-corrected chi connectivity index (χ0v) is 44.8. The molecule has 0 aliphatic rings. The second-order valence-corrected chi connectivity index (χ2v) is 15.7. The van der Waals surface area contributed by atoms with E-state index in [-0.39, 0.29) is 54.2 Å². The molecular weight excluding hydrogens is 1120 g/mol. The van der Waals surface area contributed by atoms with Crippen LogP contribution in [0.4, 0.5) is 20.2 Å². The van der Waals surface area contributed by atoms with Gasteiger partial charge in [-0.15, -0.1) is 24.0 Å². The summed E-state index contributed by atoms with van der Waals surface area (Å²) in [6.07, 6.45) is 18.6. The van der Waals surface area contributed by atoms with Gasteiger partial charge in [0.25, 0.3) is 11.1 Å². The van der Waals surface area contributed by atoms with Crippen LogP contribution in [0.2, 0.25) is 0 Å². The molecule has 350 valence electrons. The Kier molecular flexibility index (Phi) is 33.0. The van der Waals surface area contributed by atoms with Gasteiger partial charge in [-0.2, -0.15) is 0 Å². The molecule has 2 aromatic heterocycles. The first-order chi connectivity index (χ1) is 28.9. The molecule has 4 aromatic rings. The van der Waals surface area contributed by atoms with Crippen LogP contribution in [0.3, 0.4) is 0 Å². The summed E-state index contributed by atoms with van der Waals surface area (Å²) in [5.41, 5.74) is 3.30. The molecule has 0 saturated carbocycles. The molecule has 2 aromatic carbocycles. The van der Waals surface area contributed by atoms with Crippen LogP contribution in [0.1, 0.15) is 161 Å². The molecule has 0 radical (unpaired) electrons. The molecule has 8 nitrogen and oxygen atoms in total. The minimum absolute atomic E-state index is 0. The molecular formula is C49H77F2I3N6O2. The molecule has 0 aliphatic heterocycles. The standard InChI is InChI=1S/2C24H36FN3O.CH4.I2.HI/c2*1-5-7-9-11-15-27(16-12-10-8-6-2)23-14-13-21(18-22(23)25)28-20(4)26-19(3)17-24(28)29;;1-2;/h2*13-14,17-18H,5-12,15-16H2,1-4H3;1H4;;1H. The minimum Gasteiger partial charge on any atom is -0.369 e. The predicted octanol–water partition coefficient (Wildman–Crippen LogP) is 14.9. The molecule has 13 heteroatoms. The molecule has 0 N–H and O–H groups in total. The zero-order valence-electron chi connectivity index (χ0n) is 38.2. The van der Waals surface area contributed by atoms with Gasteiger partial charge in [-0.1, -0.05) is 112 Å². The summed E-state index contributed by atoms with van der Waals surface area (Å²) in [6, 6.07) is 13.2. The van der Waals surface area contributed by atoms with Crippen molar-refractivity contribution >= 4 is 72.6 Å². The van der Waals surface area contributed by atoms with E-state index in [1.54, 1.807) is 27.7 Å². The molecule has 2 heterocycles. The Hall–Kier alpha value is -2.15. The Morgan fingerprint density at radius 1 is 0.500 bits per heavy atom. The predicted molar refractivity (Wildman–Crippen MR) is 290 cm³/mol. The fraction of sp³-hybridized carbons (Fsp3) is 0.592. The molecule has 62 heavy (non-hydrogen) atoms. The van der Waals surface area contributed by atoms with E-state index in [2.05, 4.69) is 84.7 Å². The highest BCUT2D eigenvalue weighted by Gasteiger charge is 2.16. The SMILES string of the molecule is C.CCCCCCN(CCCCCC)c1ccc(-n2c(C)nc(C)cc2=O)cc1F.CCCCCCN(CCCCCC)c1ccc(-n2c(C)nc(C)cc2=O)cc1F.I.II. The van der Waals surface area contributed by atoms with Crippen LogP contribution in [0.5, 0.6) is 0 Å². The van der Waals surface area contributed by atoms with Crippen molar-refractivity contribution < 1.29 is 8.78 Å². The van der Waals surface area contributed by atoms with Crippen molar-refractivity contribution in [1.82, 2.24) is 19.1 Å². The van der Waals surface area contributed by atoms with Gasteiger partial charge in [0.2, 0.25) is 0 Å². The lowest BCUT2D eigenvalue weighted by Crippen LogP contribution is -2.27. The molecule has 0 bridgehead atoms. The Balaban J connectivity index is 0.00000112. The fourth-order valence-electron chi connectivity index (χ4n) is 7.51. The van der Waals surface area contributed by atoms with Crippen molar-refractivity contribution in [2.45, 2.75) is 166 Å². The van der Waals surface area contributed by atoms with Gasteiger partial charge < -0.3 is 9.80 Å². The van der Waals surface area contributed by atoms with Gasteiger partial charge in [0.05, 0.1) is 22.7 Å². The van der Waals surface area contributed by atoms with Crippen molar-refractivity contribution in [3.05, 3.63) is 104 Å². The van der Waals surface area contributed by atoms with Crippen molar-refractivity contribution in [1.29, 1.82) is 0 Å². The van der Waals surface area contributed by atoms with Crippen LogP contribution in [-0.4, -0.2) is 45.3 Å². The maximum absolute atomic E-state index is 15.1. The zero-order chi connectivity index (χ0) is 44.5. The van der Waals surface area contributed by atoms with E-state index in [1.165, 1.54) is 110 Å². The summed E-state index contributed by atoms with van der Waals surface area (Å²) >= 11 is 4.24. The topological polar surface area (TPSA) is 76.3 Å². The molecule has 0 amide bonds. The Morgan fingerprint density at radius 2 is 0.790 bits per heavy atom. The van der Waals surface area contributed by atoms with Crippen molar-refractivity contribution in [3.63, 3.8) is 0 Å². The van der Waals surface area contributed by atoms with Gasteiger partial charge in [0, 0.05) is 99.1 Å². The first-order valence-electron chi connectivity index (χ1n) is 22.3. The van der Waals surface area contributed by atoms with Crippen molar-refractivity contribution in [3.8, 4) is 11.4 Å². The maximum Gasteiger partial charge on any atom is 0.258 e. The molecule has 0 aliphatic carbocycles. The minimum atomic E-state index is -0.277. The number of hydrogen-bond donors (Lipinski definition) is 0. The van der Waals surface area contributed by atoms with E-state index in [9.17, 15) is 9.59 Å². The van der Waals surface area contributed by atoms with Crippen LogP contribution in [-0.2, 0) is 0 Å². The van der Waals surface area contributed by atoms with Gasteiger partial charge >= 0.3 is 0 Å². The maximum atomic E-state index is 15.1. The summed E-state index contributed by atoms with van der Waals surface area (Å²) in [7, 11) is 0. The summed E-state index contributed by atoms with van der Waals surface area (Å²) < 4.78 is 33.1. The quantitative estimate of drug-likeness (QED) is 0.0514. The smallest absolute Gasteiger partial charge is 0.258 e. The van der Waals surface area contributed by atoms with E-state index < -0.39 is 0 Å². The lowest BCUT2D eigenvalue weighted by atomic mass is 10.1. The monoisotopic (exact) mass is 1200 g/mol. The number of aromatic nitrogens is 4. The lowest BCUT2D eigenvalue weighted by Gasteiger charge is -2.26. The summed E-state index contributed by atoms with van der Waals surface area (Å²) in [6.45, 7) is 19.4. The highest BCUT2D eigenvalue weighted by atomic mass is 128. The summed E-state index contributed by atoms with van der Waals surface area (Å²) in [4.78, 5) is 37.8. The largest absolute Gasteiger partial charge is 0.369 e. The van der Waals surface area contributed by atoms with Crippen molar-refractivity contribution in [2.75, 3.05) is 36.0 Å². The third-order valence-electron chi connectivity index (χ3n) is 10.6. The number of rotatable bonds is 24. The molecule has 4 rings (SSSR count). The first kappa shape index (κ1) is 59.9. The number of hydrogen-bond acceptors (Lipinski definition) is 6. The number of halogens is 5. The Labute approximate surface area is 413 Å². The van der Waals surface area contributed by atoms with E-state index >= 15 is 8.78 Å². The van der Waals surface area contributed by atoms with Gasteiger partial charge in [-0.3, -0.25) is 18.7 Å². The normalized spacial score (nSPS) is 10.5. The van der Waals surface area contributed by atoms with Crippen LogP contribution < -0.4 is 20.9 Å². The average Bonchev–Trinajstić information content (AvgIpc) is 3.20. The van der Waals surface area contributed by atoms with Crippen molar-refractivity contribution in [2.24, 2.45) is 0 Å². The van der Waals surface area contributed by atoms with Crippen LogP contribution >= 0.6 is 61.2 Å². The molecule has 0 atom stereocenters. The summed E-state index contributed by atoms with van der Waals surface area (Å²) in [5, 5.41) is 0. The molecule has 0 fully saturated rings. The third-order valence-corrected chi connectivity index (χ3v) is 10.6. The second kappa shape index (κ2) is 34.2. The van der Waals surface area contributed by atoms with Crippen LogP contribution in [0.15, 0.2) is 58.1 Å². The van der Waals surface area contributed by atoms with Gasteiger partial charge in [0.15, 0.2) is 0 Å². The van der Waals surface area contributed by atoms with E-state index in [0.717, 1.165) is 51.9 Å². The van der Waals surface area contributed by atoms with E-state index in [4.69, 9.17) is 0 Å². The van der Waals surface area contributed by atoms with E-state index in [1.807, 2.05) is 24.3 Å². The lowest BCUT2D eigenvalue weighted by molar-refractivity contribution is 0.582. The Morgan fingerprint density at radius 3 is 1.03 bits per heavy atom. The molecule has 0 unspecified atom stereocenters. The first-order valence-corrected chi connectivity index (χ1v) is 28.6. The van der Waals surface area contributed by atoms with Gasteiger partial charge in [-0.05, 0) is 77.6 Å². The number of unbranched alkanes of at least 4 members (excludes halogenated alkanes) is 12. The molecule has 0 saturated heterocycles. The third kappa shape index (κ3) is 20.4. The van der Waals surface area contributed by atoms with Gasteiger partial charge in [-0.25, -0.2) is 18.7 Å². The number of aryl methyl sites for hydroxylation is 4. The van der Waals surface area contributed by atoms with Crippen LogP contribution in [0.25, 0.3) is 11.4 Å². The Bertz CT molecular complexity index is 1800. The fourth-order valence-corrected chi connectivity index (χ4v) is 7.51. The number of anilines is 2. The van der Waals surface area contributed by atoms with E-state index in [0.29, 0.717) is 45.8 Å². The second-order valence-electron chi connectivity index (χ2n) is 15.7. The highest BCUT2D eigenvalue weighted by Crippen LogP contribution is 2.26. The number of nitrogens with zero attached hydrogens (tertiary/aromatic N) is 6. The average molecular weight is 1200 g/mol. The van der Waals surface area contributed by atoms with Crippen LogP contribution in [0, 0.1) is 39.3 Å². The van der Waals surface area contributed by atoms with Gasteiger partial charge in [0.1, 0.15) is 23.3 Å². The number of benzene rings is 2. The highest BCUT2D eigenvalue weighted by molar-refractivity contribution is 15.0.